The van der Waals surface area contributed by atoms with Crippen LogP contribution in [0, 0.1) is 6.92 Å². The molecule has 6 heteroatoms. The van der Waals surface area contributed by atoms with Crippen LogP contribution in [0.3, 0.4) is 0 Å². The number of anilines is 1. The largest absolute Gasteiger partial charge is 0.455 e. The van der Waals surface area contributed by atoms with Crippen molar-refractivity contribution in [1.29, 1.82) is 0 Å². The smallest absolute Gasteiger partial charge is 0.239 e. The average Bonchev–Trinajstić information content (AvgIpc) is 2.70. The molecule has 3 rings (SSSR count). The molecule has 3 aromatic rings. The lowest BCUT2D eigenvalue weighted by Gasteiger charge is -2.13. The van der Waals surface area contributed by atoms with E-state index in [4.69, 9.17) is 4.74 Å². The van der Waals surface area contributed by atoms with Crippen molar-refractivity contribution in [2.75, 3.05) is 16.8 Å². The number of para-hydroxylation sites is 2. The average molecular weight is 424 g/mol. The highest BCUT2D eigenvalue weighted by molar-refractivity contribution is 7.92. The molecule has 0 aliphatic carbocycles. The fraction of sp³-hybridized carbons (Fsp3) is 0.208. The van der Waals surface area contributed by atoms with Crippen molar-refractivity contribution in [3.8, 4) is 11.5 Å². The van der Waals surface area contributed by atoms with E-state index in [-0.39, 0.29) is 5.75 Å². The number of nitrogens with one attached hydrogen (secondary N) is 1. The maximum Gasteiger partial charge on any atom is 0.239 e. The van der Waals surface area contributed by atoms with Gasteiger partial charge in [0, 0.05) is 0 Å². The highest BCUT2D eigenvalue weighted by Crippen LogP contribution is 2.29. The summed E-state index contributed by atoms with van der Waals surface area (Å²) in [7, 11) is -3.50. The second kappa shape index (κ2) is 10.1. The van der Waals surface area contributed by atoms with Gasteiger partial charge in [-0.3, -0.25) is 4.79 Å². The zero-order valence-corrected chi connectivity index (χ0v) is 17.7. The van der Waals surface area contributed by atoms with E-state index in [0.29, 0.717) is 30.0 Å². The fourth-order valence-corrected chi connectivity index (χ4v) is 4.26. The lowest BCUT2D eigenvalue weighted by Crippen LogP contribution is -2.25. The molecule has 0 unspecified atom stereocenters. The number of aryl methyl sites for hydroxylation is 2. The van der Waals surface area contributed by atoms with Gasteiger partial charge in [-0.25, -0.2) is 8.42 Å². The first-order valence-electron chi connectivity index (χ1n) is 9.79. The molecule has 0 atom stereocenters. The first-order valence-corrected chi connectivity index (χ1v) is 11.6. The minimum Gasteiger partial charge on any atom is -0.455 e. The van der Waals surface area contributed by atoms with Crippen LogP contribution in [-0.4, -0.2) is 25.8 Å². The first-order chi connectivity index (χ1) is 14.4. The zero-order chi connectivity index (χ0) is 21.4. The molecule has 0 heterocycles. The number of carbonyl (C=O) groups is 1. The molecule has 0 bridgehead atoms. The molecule has 1 N–H and O–H groups in total. The van der Waals surface area contributed by atoms with Crippen LogP contribution >= 0.6 is 0 Å². The van der Waals surface area contributed by atoms with Crippen LogP contribution in [0.2, 0.25) is 0 Å². The van der Waals surface area contributed by atoms with Crippen LogP contribution in [0.25, 0.3) is 0 Å². The minimum atomic E-state index is -3.50. The third-order valence-corrected chi connectivity index (χ3v) is 6.11. The number of hydrogen-bond acceptors (Lipinski definition) is 4. The maximum atomic E-state index is 12.4. The summed E-state index contributed by atoms with van der Waals surface area (Å²) in [5, 5.41) is 2.67. The highest BCUT2D eigenvalue weighted by atomic mass is 32.2. The lowest BCUT2D eigenvalue weighted by molar-refractivity contribution is -0.113. The molecule has 0 spiro atoms. The summed E-state index contributed by atoms with van der Waals surface area (Å²) in [6.45, 7) is 1.96. The number of benzene rings is 3. The van der Waals surface area contributed by atoms with Gasteiger partial charge >= 0.3 is 0 Å². The molecule has 0 saturated heterocycles. The Balaban J connectivity index is 1.57. The van der Waals surface area contributed by atoms with Crippen molar-refractivity contribution in [2.24, 2.45) is 0 Å². The highest BCUT2D eigenvalue weighted by Gasteiger charge is 2.18. The Hall–Kier alpha value is -3.12. The van der Waals surface area contributed by atoms with Crippen molar-refractivity contribution in [3.63, 3.8) is 0 Å². The summed E-state index contributed by atoms with van der Waals surface area (Å²) < 4.78 is 30.6. The summed E-state index contributed by atoms with van der Waals surface area (Å²) in [6, 6.07) is 24.2. The molecular formula is C24H25NO4S. The summed E-state index contributed by atoms with van der Waals surface area (Å²) in [5.74, 6) is -0.0599. The Bertz CT molecular complexity index is 1090. The van der Waals surface area contributed by atoms with E-state index < -0.39 is 21.5 Å². The van der Waals surface area contributed by atoms with Crippen molar-refractivity contribution < 1.29 is 17.9 Å². The zero-order valence-electron chi connectivity index (χ0n) is 16.9. The molecular weight excluding hydrogens is 398 g/mol. The van der Waals surface area contributed by atoms with Gasteiger partial charge in [0.1, 0.15) is 11.5 Å². The maximum absolute atomic E-state index is 12.4. The summed E-state index contributed by atoms with van der Waals surface area (Å²) in [4.78, 5) is 12.4. The Labute approximate surface area is 177 Å². The number of hydrogen-bond donors (Lipinski definition) is 1. The SMILES string of the molecule is Cc1cccc(Oc2ccccc2NC(=O)CS(=O)(=O)CCCc2ccccc2)c1. The van der Waals surface area contributed by atoms with Gasteiger partial charge in [0.25, 0.3) is 0 Å². The molecule has 0 radical (unpaired) electrons. The minimum absolute atomic E-state index is 0.0310. The number of ether oxygens (including phenoxy) is 1. The molecule has 156 valence electrons. The molecule has 5 nitrogen and oxygen atoms in total. The number of rotatable bonds is 9. The van der Waals surface area contributed by atoms with E-state index in [1.807, 2.05) is 61.5 Å². The normalized spacial score (nSPS) is 11.1. The quantitative estimate of drug-likeness (QED) is 0.538. The number of sulfone groups is 1. The van der Waals surface area contributed by atoms with Crippen molar-refractivity contribution >= 4 is 21.4 Å². The molecule has 3 aromatic carbocycles. The van der Waals surface area contributed by atoms with Crippen LogP contribution in [0.5, 0.6) is 11.5 Å². The van der Waals surface area contributed by atoms with E-state index in [2.05, 4.69) is 5.32 Å². The topological polar surface area (TPSA) is 72.5 Å². The van der Waals surface area contributed by atoms with Gasteiger partial charge in [-0.05, 0) is 55.2 Å². The summed E-state index contributed by atoms with van der Waals surface area (Å²) in [6.07, 6.45) is 1.14. The van der Waals surface area contributed by atoms with E-state index in [1.54, 1.807) is 24.3 Å². The van der Waals surface area contributed by atoms with Crippen LogP contribution < -0.4 is 10.1 Å². The molecule has 0 aromatic heterocycles. The third kappa shape index (κ3) is 6.74. The molecule has 0 aliphatic heterocycles. The summed E-state index contributed by atoms with van der Waals surface area (Å²) >= 11 is 0. The predicted octanol–water partition coefficient (Wildman–Crippen LogP) is 4.77. The van der Waals surface area contributed by atoms with E-state index in [0.717, 1.165) is 11.1 Å². The van der Waals surface area contributed by atoms with Gasteiger partial charge in [-0.2, -0.15) is 0 Å². The Morgan fingerprint density at radius 3 is 2.43 bits per heavy atom. The number of carbonyl (C=O) groups excluding carboxylic acids is 1. The molecule has 1 amide bonds. The van der Waals surface area contributed by atoms with Crippen molar-refractivity contribution in [1.82, 2.24) is 0 Å². The lowest BCUT2D eigenvalue weighted by atomic mass is 10.1. The molecule has 30 heavy (non-hydrogen) atoms. The van der Waals surface area contributed by atoms with Crippen molar-refractivity contribution in [2.45, 2.75) is 19.8 Å². The third-order valence-electron chi connectivity index (χ3n) is 4.49. The summed E-state index contributed by atoms with van der Waals surface area (Å²) in [5.41, 5.74) is 2.57. The molecule has 0 fully saturated rings. The van der Waals surface area contributed by atoms with Gasteiger partial charge in [0.15, 0.2) is 15.6 Å². The second-order valence-electron chi connectivity index (χ2n) is 7.14. The van der Waals surface area contributed by atoms with Crippen LogP contribution in [-0.2, 0) is 21.1 Å². The standard InChI is InChI=1S/C24H25NO4S/c1-19-9-7-13-21(17-19)29-23-15-6-5-14-22(23)25-24(26)18-30(27,28)16-8-12-20-10-3-2-4-11-20/h2-7,9-11,13-15,17H,8,12,16,18H2,1H3,(H,25,26). The fourth-order valence-electron chi connectivity index (χ4n) is 3.06. The van der Waals surface area contributed by atoms with E-state index >= 15 is 0 Å². The molecule has 0 saturated carbocycles. The number of amides is 1. The molecule has 0 aliphatic rings. The van der Waals surface area contributed by atoms with Gasteiger partial charge < -0.3 is 10.1 Å². The van der Waals surface area contributed by atoms with Gasteiger partial charge in [0.2, 0.25) is 5.91 Å². The van der Waals surface area contributed by atoms with Crippen molar-refractivity contribution in [3.05, 3.63) is 90.0 Å². The predicted molar refractivity (Wildman–Crippen MR) is 120 cm³/mol. The Morgan fingerprint density at radius 1 is 0.933 bits per heavy atom. The van der Waals surface area contributed by atoms with Gasteiger partial charge in [-0.1, -0.05) is 54.6 Å². The first kappa shape index (κ1) is 21.6. The monoisotopic (exact) mass is 423 g/mol. The Kier molecular flexibility index (Phi) is 7.25. The second-order valence-corrected chi connectivity index (χ2v) is 9.33. The van der Waals surface area contributed by atoms with E-state index in [1.165, 1.54) is 0 Å². The van der Waals surface area contributed by atoms with E-state index in [9.17, 15) is 13.2 Å². The van der Waals surface area contributed by atoms with Crippen LogP contribution in [0.15, 0.2) is 78.9 Å². The van der Waals surface area contributed by atoms with Crippen LogP contribution in [0.4, 0.5) is 5.69 Å². The van der Waals surface area contributed by atoms with Gasteiger partial charge in [0.05, 0.1) is 11.4 Å². The Morgan fingerprint density at radius 2 is 1.67 bits per heavy atom. The van der Waals surface area contributed by atoms with Crippen LogP contribution in [0.1, 0.15) is 17.5 Å². The van der Waals surface area contributed by atoms with Gasteiger partial charge in [-0.15, -0.1) is 0 Å².